The summed E-state index contributed by atoms with van der Waals surface area (Å²) in [5.74, 6) is 1.71. The molecule has 1 heterocycles. The third-order valence-electron chi connectivity index (χ3n) is 3.18. The van der Waals surface area contributed by atoms with Gasteiger partial charge in [-0.25, -0.2) is 9.97 Å². The van der Waals surface area contributed by atoms with E-state index in [0.29, 0.717) is 0 Å². The van der Waals surface area contributed by atoms with Crippen LogP contribution in [-0.2, 0) is 12.8 Å². The molecule has 1 aromatic heterocycles. The molecule has 0 spiro atoms. The van der Waals surface area contributed by atoms with Gasteiger partial charge < -0.3 is 5.32 Å². The quantitative estimate of drug-likeness (QED) is 0.885. The molecule has 0 aliphatic heterocycles. The van der Waals surface area contributed by atoms with Gasteiger partial charge in [-0.2, -0.15) is 0 Å². The van der Waals surface area contributed by atoms with Gasteiger partial charge in [-0.1, -0.05) is 44.5 Å². The van der Waals surface area contributed by atoms with E-state index in [4.69, 9.17) is 4.98 Å². The van der Waals surface area contributed by atoms with Crippen molar-refractivity contribution in [2.45, 2.75) is 33.1 Å². The predicted octanol–water partition coefficient (Wildman–Crippen LogP) is 3.70. The Balaban J connectivity index is 2.51. The summed E-state index contributed by atoms with van der Waals surface area (Å²) >= 11 is 0. The van der Waals surface area contributed by atoms with Gasteiger partial charge in [0.15, 0.2) is 5.82 Å². The summed E-state index contributed by atoms with van der Waals surface area (Å²) in [6.45, 7) is 4.33. The SMILES string of the molecule is CCCc1cc(NC)nc(-c2ccccc2CC)n1. The molecule has 0 atom stereocenters. The van der Waals surface area contributed by atoms with Crippen LogP contribution in [0.1, 0.15) is 31.5 Å². The number of anilines is 1. The minimum Gasteiger partial charge on any atom is -0.373 e. The van der Waals surface area contributed by atoms with E-state index in [-0.39, 0.29) is 0 Å². The number of aromatic nitrogens is 2. The molecular formula is C16H21N3. The standard InChI is InChI=1S/C16H21N3/c1-4-8-13-11-15(17-3)19-16(18-13)14-10-7-6-9-12(14)5-2/h6-7,9-11H,4-5,8H2,1-3H3,(H,17,18,19). The fraction of sp³-hybridized carbons (Fsp3) is 0.375. The third kappa shape index (κ3) is 3.11. The molecule has 2 aromatic rings. The van der Waals surface area contributed by atoms with Crippen molar-refractivity contribution in [2.75, 3.05) is 12.4 Å². The zero-order valence-corrected chi connectivity index (χ0v) is 11.9. The average Bonchev–Trinajstić information content (AvgIpc) is 2.47. The number of aryl methyl sites for hydroxylation is 2. The molecule has 0 saturated carbocycles. The van der Waals surface area contributed by atoms with Gasteiger partial charge in [0.1, 0.15) is 5.82 Å². The number of nitrogens with zero attached hydrogens (tertiary/aromatic N) is 2. The van der Waals surface area contributed by atoms with E-state index < -0.39 is 0 Å². The van der Waals surface area contributed by atoms with Crippen molar-refractivity contribution in [3.63, 3.8) is 0 Å². The normalized spacial score (nSPS) is 10.5. The highest BCUT2D eigenvalue weighted by Gasteiger charge is 2.09. The number of benzene rings is 1. The maximum absolute atomic E-state index is 4.70. The second-order valence-corrected chi connectivity index (χ2v) is 4.58. The van der Waals surface area contributed by atoms with Crippen LogP contribution < -0.4 is 5.32 Å². The molecule has 0 fully saturated rings. The highest BCUT2D eigenvalue weighted by molar-refractivity contribution is 5.62. The van der Waals surface area contributed by atoms with Crippen LogP contribution in [0.3, 0.4) is 0 Å². The van der Waals surface area contributed by atoms with Crippen molar-refractivity contribution >= 4 is 5.82 Å². The van der Waals surface area contributed by atoms with Gasteiger partial charge in [0.05, 0.1) is 0 Å². The summed E-state index contributed by atoms with van der Waals surface area (Å²) in [7, 11) is 1.90. The summed E-state index contributed by atoms with van der Waals surface area (Å²) in [6, 6.07) is 10.4. The van der Waals surface area contributed by atoms with E-state index in [9.17, 15) is 0 Å². The van der Waals surface area contributed by atoms with Gasteiger partial charge in [-0.05, 0) is 18.4 Å². The van der Waals surface area contributed by atoms with E-state index >= 15 is 0 Å². The van der Waals surface area contributed by atoms with E-state index in [0.717, 1.165) is 42.2 Å². The Hall–Kier alpha value is -1.90. The summed E-state index contributed by atoms with van der Waals surface area (Å²) in [5.41, 5.74) is 3.53. The summed E-state index contributed by atoms with van der Waals surface area (Å²) in [5, 5.41) is 3.12. The zero-order valence-electron chi connectivity index (χ0n) is 11.9. The largest absolute Gasteiger partial charge is 0.373 e. The van der Waals surface area contributed by atoms with Crippen molar-refractivity contribution in [3.05, 3.63) is 41.6 Å². The Morgan fingerprint density at radius 2 is 1.89 bits per heavy atom. The van der Waals surface area contributed by atoms with Gasteiger partial charge in [0, 0.05) is 24.4 Å². The van der Waals surface area contributed by atoms with Crippen molar-refractivity contribution in [1.29, 1.82) is 0 Å². The predicted molar refractivity (Wildman–Crippen MR) is 80.4 cm³/mol. The molecule has 19 heavy (non-hydrogen) atoms. The Bertz CT molecular complexity index is 549. The van der Waals surface area contributed by atoms with E-state index in [2.05, 4.69) is 42.3 Å². The van der Waals surface area contributed by atoms with Crippen LogP contribution in [0.25, 0.3) is 11.4 Å². The molecule has 1 aromatic carbocycles. The number of hydrogen-bond acceptors (Lipinski definition) is 3. The highest BCUT2D eigenvalue weighted by atomic mass is 15.0. The molecule has 0 aliphatic carbocycles. The first-order valence-electron chi connectivity index (χ1n) is 6.92. The highest BCUT2D eigenvalue weighted by Crippen LogP contribution is 2.22. The number of rotatable bonds is 5. The number of hydrogen-bond donors (Lipinski definition) is 1. The smallest absolute Gasteiger partial charge is 0.162 e. The zero-order chi connectivity index (χ0) is 13.7. The summed E-state index contributed by atoms with van der Waals surface area (Å²) in [6.07, 6.45) is 3.07. The summed E-state index contributed by atoms with van der Waals surface area (Å²) in [4.78, 5) is 9.29. The fourth-order valence-corrected chi connectivity index (χ4v) is 2.18. The Labute approximate surface area is 115 Å². The molecule has 0 amide bonds. The lowest BCUT2D eigenvalue weighted by molar-refractivity contribution is 0.875. The lowest BCUT2D eigenvalue weighted by Gasteiger charge is -2.10. The third-order valence-corrected chi connectivity index (χ3v) is 3.18. The molecule has 0 saturated heterocycles. The first-order valence-corrected chi connectivity index (χ1v) is 6.92. The molecule has 0 aliphatic rings. The fourth-order valence-electron chi connectivity index (χ4n) is 2.18. The topological polar surface area (TPSA) is 37.8 Å². The van der Waals surface area contributed by atoms with Crippen LogP contribution in [-0.4, -0.2) is 17.0 Å². The second-order valence-electron chi connectivity index (χ2n) is 4.58. The van der Waals surface area contributed by atoms with Crippen molar-refractivity contribution in [2.24, 2.45) is 0 Å². The van der Waals surface area contributed by atoms with Gasteiger partial charge in [0.2, 0.25) is 0 Å². The average molecular weight is 255 g/mol. The molecular weight excluding hydrogens is 234 g/mol. The minimum atomic E-state index is 0.827. The van der Waals surface area contributed by atoms with Crippen LogP contribution in [0.4, 0.5) is 5.82 Å². The molecule has 2 rings (SSSR count). The Morgan fingerprint density at radius 1 is 1.11 bits per heavy atom. The molecule has 0 bridgehead atoms. The Kier molecular flexibility index (Phi) is 4.50. The molecule has 3 nitrogen and oxygen atoms in total. The van der Waals surface area contributed by atoms with E-state index in [1.54, 1.807) is 0 Å². The van der Waals surface area contributed by atoms with E-state index in [1.807, 2.05) is 19.2 Å². The first-order chi connectivity index (χ1) is 9.28. The molecule has 100 valence electrons. The lowest BCUT2D eigenvalue weighted by Crippen LogP contribution is -2.02. The monoisotopic (exact) mass is 255 g/mol. The van der Waals surface area contributed by atoms with E-state index in [1.165, 1.54) is 5.56 Å². The number of nitrogens with one attached hydrogen (secondary N) is 1. The molecule has 3 heteroatoms. The first kappa shape index (κ1) is 13.5. The van der Waals surface area contributed by atoms with Gasteiger partial charge >= 0.3 is 0 Å². The van der Waals surface area contributed by atoms with Crippen LogP contribution in [0.2, 0.25) is 0 Å². The van der Waals surface area contributed by atoms with Crippen LogP contribution in [0, 0.1) is 0 Å². The van der Waals surface area contributed by atoms with Crippen LogP contribution in [0.15, 0.2) is 30.3 Å². The van der Waals surface area contributed by atoms with Crippen LogP contribution in [0.5, 0.6) is 0 Å². The van der Waals surface area contributed by atoms with Crippen LogP contribution >= 0.6 is 0 Å². The van der Waals surface area contributed by atoms with Crippen molar-refractivity contribution in [1.82, 2.24) is 9.97 Å². The summed E-state index contributed by atoms with van der Waals surface area (Å²) < 4.78 is 0. The maximum atomic E-state index is 4.70. The Morgan fingerprint density at radius 3 is 2.58 bits per heavy atom. The van der Waals surface area contributed by atoms with Crippen molar-refractivity contribution < 1.29 is 0 Å². The molecule has 0 radical (unpaired) electrons. The lowest BCUT2D eigenvalue weighted by atomic mass is 10.0. The van der Waals surface area contributed by atoms with Crippen molar-refractivity contribution in [3.8, 4) is 11.4 Å². The van der Waals surface area contributed by atoms with Gasteiger partial charge in [-0.15, -0.1) is 0 Å². The van der Waals surface area contributed by atoms with Gasteiger partial charge in [-0.3, -0.25) is 0 Å². The maximum Gasteiger partial charge on any atom is 0.162 e. The minimum absolute atomic E-state index is 0.827. The second kappa shape index (κ2) is 6.32. The molecule has 0 unspecified atom stereocenters. The molecule has 1 N–H and O–H groups in total. The van der Waals surface area contributed by atoms with Gasteiger partial charge in [0.25, 0.3) is 0 Å².